The van der Waals surface area contributed by atoms with Crippen molar-refractivity contribution in [2.75, 3.05) is 58.1 Å². The number of rotatable bonds is 10. The minimum atomic E-state index is 0.247. The zero-order chi connectivity index (χ0) is 22.8. The standard InChI is InChI=1S/C22H32N8O2/c1-30-9-7-16(8-10-30)25-14-18(13-23)28-22-26-15-20(24)21(29-22)27-17-3-5-19(6-4-17)32-12-11-31-2/h3-6,14-16H,7-13,23-24H2,1-2H3,(H,26,27,29). The van der Waals surface area contributed by atoms with Crippen LogP contribution < -0.4 is 21.5 Å². The Bertz CT molecular complexity index is 909. The maximum atomic E-state index is 6.05. The lowest BCUT2D eigenvalue weighted by molar-refractivity contribution is 0.146. The number of ether oxygens (including phenoxy) is 2. The summed E-state index contributed by atoms with van der Waals surface area (Å²) in [5.41, 5.74) is 13.8. The first kappa shape index (κ1) is 23.6. The summed E-state index contributed by atoms with van der Waals surface area (Å²) in [5, 5.41) is 3.19. The van der Waals surface area contributed by atoms with Crippen molar-refractivity contribution < 1.29 is 9.47 Å². The van der Waals surface area contributed by atoms with Gasteiger partial charge in [-0.15, -0.1) is 0 Å². The van der Waals surface area contributed by atoms with E-state index in [2.05, 4.69) is 37.2 Å². The Balaban J connectivity index is 1.66. The third-order valence-electron chi connectivity index (χ3n) is 5.05. The fourth-order valence-corrected chi connectivity index (χ4v) is 3.14. The monoisotopic (exact) mass is 440 g/mol. The van der Waals surface area contributed by atoms with Crippen molar-refractivity contribution in [2.45, 2.75) is 18.9 Å². The van der Waals surface area contributed by atoms with E-state index in [4.69, 9.17) is 20.9 Å². The number of hydrogen-bond acceptors (Lipinski definition) is 10. The van der Waals surface area contributed by atoms with Crippen LogP contribution in [0.3, 0.4) is 0 Å². The van der Waals surface area contributed by atoms with E-state index in [1.807, 2.05) is 24.3 Å². The van der Waals surface area contributed by atoms with Gasteiger partial charge < -0.3 is 31.2 Å². The molecule has 1 saturated heterocycles. The lowest BCUT2D eigenvalue weighted by Crippen LogP contribution is -2.32. The molecule has 1 aromatic heterocycles. The molecule has 0 amide bonds. The molecule has 0 saturated carbocycles. The number of nitrogen functional groups attached to an aromatic ring is 1. The van der Waals surface area contributed by atoms with Crippen molar-refractivity contribution in [1.82, 2.24) is 14.9 Å². The molecule has 0 spiro atoms. The Morgan fingerprint density at radius 3 is 2.69 bits per heavy atom. The summed E-state index contributed by atoms with van der Waals surface area (Å²) in [4.78, 5) is 20.1. The number of hydrogen-bond donors (Lipinski definition) is 3. The summed E-state index contributed by atoms with van der Waals surface area (Å²) in [5.74, 6) is 1.50. The average molecular weight is 441 g/mol. The van der Waals surface area contributed by atoms with E-state index < -0.39 is 0 Å². The minimum Gasteiger partial charge on any atom is -0.491 e. The maximum Gasteiger partial charge on any atom is 0.251 e. The molecule has 10 nitrogen and oxygen atoms in total. The molecular weight excluding hydrogens is 408 g/mol. The van der Waals surface area contributed by atoms with Gasteiger partial charge in [-0.2, -0.15) is 4.98 Å². The van der Waals surface area contributed by atoms with Crippen LogP contribution in [-0.4, -0.2) is 79.8 Å². The number of nitrogens with one attached hydrogen (secondary N) is 1. The first-order chi connectivity index (χ1) is 15.6. The van der Waals surface area contributed by atoms with Crippen molar-refractivity contribution in [2.24, 2.45) is 15.7 Å². The van der Waals surface area contributed by atoms with Gasteiger partial charge in [-0.25, -0.2) is 9.98 Å². The Morgan fingerprint density at radius 2 is 2.00 bits per heavy atom. The van der Waals surface area contributed by atoms with Gasteiger partial charge in [0.1, 0.15) is 12.4 Å². The van der Waals surface area contributed by atoms with Crippen LogP contribution >= 0.6 is 0 Å². The van der Waals surface area contributed by atoms with E-state index in [9.17, 15) is 0 Å². The third-order valence-corrected chi connectivity index (χ3v) is 5.05. The molecule has 1 aromatic carbocycles. The zero-order valence-corrected chi connectivity index (χ0v) is 18.7. The Labute approximate surface area is 188 Å². The number of likely N-dealkylation sites (tertiary alicyclic amines) is 1. The number of benzene rings is 1. The van der Waals surface area contributed by atoms with Crippen LogP contribution in [0.4, 0.5) is 23.1 Å². The molecule has 0 atom stereocenters. The van der Waals surface area contributed by atoms with Gasteiger partial charge in [-0.3, -0.25) is 4.99 Å². The molecular formula is C22H32N8O2. The van der Waals surface area contributed by atoms with Crippen molar-refractivity contribution in [3.63, 3.8) is 0 Å². The van der Waals surface area contributed by atoms with Crippen molar-refractivity contribution in [3.8, 4) is 5.75 Å². The van der Waals surface area contributed by atoms with Gasteiger partial charge in [-0.1, -0.05) is 0 Å². The summed E-state index contributed by atoms with van der Waals surface area (Å²) in [6, 6.07) is 7.79. The van der Waals surface area contributed by atoms with E-state index in [-0.39, 0.29) is 12.5 Å². The molecule has 1 aliphatic heterocycles. The number of aliphatic imine (C=N–C) groups is 2. The molecule has 10 heteroatoms. The van der Waals surface area contributed by atoms with Crippen LogP contribution in [0.15, 0.2) is 40.4 Å². The number of nitrogens with zero attached hydrogens (tertiary/aromatic N) is 5. The van der Waals surface area contributed by atoms with Crippen molar-refractivity contribution >= 4 is 35.1 Å². The van der Waals surface area contributed by atoms with Crippen LogP contribution in [-0.2, 0) is 4.74 Å². The first-order valence-corrected chi connectivity index (χ1v) is 10.7. The van der Waals surface area contributed by atoms with Gasteiger partial charge in [0.25, 0.3) is 5.95 Å². The highest BCUT2D eigenvalue weighted by Crippen LogP contribution is 2.24. The fourth-order valence-electron chi connectivity index (χ4n) is 3.14. The fraction of sp³-hybridized carbons (Fsp3) is 0.455. The molecule has 0 aliphatic carbocycles. The van der Waals surface area contributed by atoms with Gasteiger partial charge in [0.05, 0.1) is 30.2 Å². The lowest BCUT2D eigenvalue weighted by Gasteiger charge is -2.26. The van der Waals surface area contributed by atoms with Crippen LogP contribution in [0.2, 0.25) is 0 Å². The first-order valence-electron chi connectivity index (χ1n) is 10.7. The molecule has 0 radical (unpaired) electrons. The Hall–Kier alpha value is -3.08. The van der Waals surface area contributed by atoms with Gasteiger partial charge >= 0.3 is 0 Å². The number of aromatic nitrogens is 2. The summed E-state index contributed by atoms with van der Waals surface area (Å²) >= 11 is 0. The number of anilines is 3. The molecule has 3 rings (SSSR count). The number of nitrogens with two attached hydrogens (primary N) is 2. The van der Waals surface area contributed by atoms with E-state index >= 15 is 0 Å². The average Bonchev–Trinajstić information content (AvgIpc) is 2.81. The summed E-state index contributed by atoms with van der Waals surface area (Å²) < 4.78 is 10.6. The van der Waals surface area contributed by atoms with Gasteiger partial charge in [0.2, 0.25) is 0 Å². The Morgan fingerprint density at radius 1 is 1.25 bits per heavy atom. The van der Waals surface area contributed by atoms with Crippen LogP contribution in [0, 0.1) is 0 Å². The lowest BCUT2D eigenvalue weighted by atomic mass is 10.1. The molecule has 1 fully saturated rings. The second-order valence-corrected chi connectivity index (χ2v) is 7.58. The zero-order valence-electron chi connectivity index (χ0n) is 18.7. The second kappa shape index (κ2) is 12.1. The number of methoxy groups -OCH3 is 1. The highest BCUT2D eigenvalue weighted by atomic mass is 16.5. The highest BCUT2D eigenvalue weighted by Gasteiger charge is 2.15. The van der Waals surface area contributed by atoms with Crippen molar-refractivity contribution in [1.29, 1.82) is 0 Å². The van der Waals surface area contributed by atoms with Crippen molar-refractivity contribution in [3.05, 3.63) is 30.5 Å². The quantitative estimate of drug-likeness (QED) is 0.377. The maximum absolute atomic E-state index is 6.05. The van der Waals surface area contributed by atoms with E-state index in [0.29, 0.717) is 36.5 Å². The van der Waals surface area contributed by atoms with Gasteiger partial charge in [-0.05, 0) is 57.2 Å². The van der Waals surface area contributed by atoms with E-state index in [1.165, 1.54) is 6.20 Å². The smallest absolute Gasteiger partial charge is 0.251 e. The van der Waals surface area contributed by atoms with Crippen LogP contribution in [0.5, 0.6) is 5.75 Å². The van der Waals surface area contributed by atoms with Gasteiger partial charge in [0, 0.05) is 25.6 Å². The molecule has 2 aromatic rings. The minimum absolute atomic E-state index is 0.247. The third kappa shape index (κ3) is 7.26. The molecule has 172 valence electrons. The largest absolute Gasteiger partial charge is 0.491 e. The predicted octanol–water partition coefficient (Wildman–Crippen LogP) is 2.02. The SMILES string of the molecule is COCCOc1ccc(Nc2nc(N=C(C=NC3CCN(C)CC3)CN)ncc2N)cc1. The molecule has 0 bridgehead atoms. The van der Waals surface area contributed by atoms with E-state index in [0.717, 1.165) is 37.4 Å². The van der Waals surface area contributed by atoms with Gasteiger partial charge in [0.15, 0.2) is 5.82 Å². The molecule has 2 heterocycles. The normalized spacial score (nSPS) is 15.9. The summed E-state index contributed by atoms with van der Waals surface area (Å²) in [6.07, 6.45) is 5.34. The Kier molecular flexibility index (Phi) is 8.90. The molecule has 0 unspecified atom stereocenters. The molecule has 32 heavy (non-hydrogen) atoms. The number of piperidine rings is 1. The van der Waals surface area contributed by atoms with E-state index in [1.54, 1.807) is 13.3 Å². The molecule has 5 N–H and O–H groups in total. The highest BCUT2D eigenvalue weighted by molar-refractivity contribution is 6.32. The molecule has 1 aliphatic rings. The second-order valence-electron chi connectivity index (χ2n) is 7.58. The van der Waals surface area contributed by atoms with Crippen LogP contribution in [0.25, 0.3) is 0 Å². The van der Waals surface area contributed by atoms with Crippen LogP contribution in [0.1, 0.15) is 12.8 Å². The summed E-state index contributed by atoms with van der Waals surface area (Å²) in [7, 11) is 3.77. The summed E-state index contributed by atoms with van der Waals surface area (Å²) in [6.45, 7) is 3.38. The topological polar surface area (TPSA) is 136 Å². The predicted molar refractivity (Wildman–Crippen MR) is 129 cm³/mol.